The summed E-state index contributed by atoms with van der Waals surface area (Å²) < 4.78 is 5.57. The number of hydrogen-bond acceptors (Lipinski definition) is 5. The van der Waals surface area contributed by atoms with Crippen LogP contribution in [0.15, 0.2) is 24.3 Å². The summed E-state index contributed by atoms with van der Waals surface area (Å²) in [5.74, 6) is -0.200. The Labute approximate surface area is 151 Å². The van der Waals surface area contributed by atoms with Crippen molar-refractivity contribution < 1.29 is 24.5 Å². The number of aryl methyl sites for hydroxylation is 1. The van der Waals surface area contributed by atoms with Gasteiger partial charge in [-0.1, -0.05) is 17.7 Å². The zero-order chi connectivity index (χ0) is 18.7. The van der Waals surface area contributed by atoms with Crippen LogP contribution in [0, 0.1) is 6.92 Å². The molecule has 0 aromatic heterocycles. The maximum Gasteiger partial charge on any atom is 0.319 e. The standard InChI is InChI=1S/C18H25N3O5/c1-10-2-4-12(5-3-10)21-18(25)19-9-14-17(24)16(23)13(26-14)8-15(22)20-11-6-7-11/h2-5,11,13-14,16-17,23-24H,6-9H2,1H3,(H,20,22)(H2,19,21,25)/t13-,14-,16-,17+/m0/s1. The lowest BCUT2D eigenvalue weighted by atomic mass is 10.1. The van der Waals surface area contributed by atoms with Crippen LogP contribution in [0.5, 0.6) is 0 Å². The first-order chi connectivity index (χ1) is 12.4. The van der Waals surface area contributed by atoms with Gasteiger partial charge in [0.05, 0.1) is 12.5 Å². The number of nitrogens with one attached hydrogen (secondary N) is 3. The molecule has 1 saturated carbocycles. The molecule has 2 fully saturated rings. The van der Waals surface area contributed by atoms with E-state index >= 15 is 0 Å². The first-order valence-corrected chi connectivity index (χ1v) is 8.85. The maximum atomic E-state index is 11.9. The van der Waals surface area contributed by atoms with Crippen LogP contribution in [0.3, 0.4) is 0 Å². The van der Waals surface area contributed by atoms with Crippen molar-refractivity contribution >= 4 is 17.6 Å². The van der Waals surface area contributed by atoms with Crippen LogP contribution in [-0.4, -0.2) is 59.2 Å². The Morgan fingerprint density at radius 3 is 2.42 bits per heavy atom. The molecule has 3 rings (SSSR count). The van der Waals surface area contributed by atoms with E-state index in [9.17, 15) is 19.8 Å². The summed E-state index contributed by atoms with van der Waals surface area (Å²) in [5, 5.41) is 28.3. The highest BCUT2D eigenvalue weighted by atomic mass is 16.5. The number of carbonyl (C=O) groups excluding carboxylic acids is 2. The minimum atomic E-state index is -1.16. The molecular weight excluding hydrogens is 338 g/mol. The lowest BCUT2D eigenvalue weighted by Crippen LogP contribution is -2.41. The van der Waals surface area contributed by atoms with Gasteiger partial charge in [-0.3, -0.25) is 4.79 Å². The molecule has 4 atom stereocenters. The lowest BCUT2D eigenvalue weighted by Gasteiger charge is -2.16. The quantitative estimate of drug-likeness (QED) is 0.497. The van der Waals surface area contributed by atoms with E-state index in [2.05, 4.69) is 16.0 Å². The minimum Gasteiger partial charge on any atom is -0.388 e. The number of hydrogen-bond donors (Lipinski definition) is 5. The van der Waals surface area contributed by atoms with Gasteiger partial charge >= 0.3 is 6.03 Å². The van der Waals surface area contributed by atoms with Gasteiger partial charge < -0.3 is 30.9 Å². The van der Waals surface area contributed by atoms with Gasteiger partial charge in [0.1, 0.15) is 18.3 Å². The third kappa shape index (κ3) is 4.94. The van der Waals surface area contributed by atoms with Crippen molar-refractivity contribution in [2.75, 3.05) is 11.9 Å². The molecule has 5 N–H and O–H groups in total. The Bertz CT molecular complexity index is 647. The van der Waals surface area contributed by atoms with Crippen molar-refractivity contribution in [1.29, 1.82) is 0 Å². The monoisotopic (exact) mass is 363 g/mol. The van der Waals surface area contributed by atoms with Gasteiger partial charge in [0, 0.05) is 18.3 Å². The first-order valence-electron chi connectivity index (χ1n) is 8.85. The highest BCUT2D eigenvalue weighted by Crippen LogP contribution is 2.24. The Hall–Kier alpha value is -2.16. The first kappa shape index (κ1) is 18.6. The molecule has 1 aromatic carbocycles. The summed E-state index contributed by atoms with van der Waals surface area (Å²) in [6.45, 7) is 1.98. The van der Waals surface area contributed by atoms with Crippen molar-refractivity contribution in [2.24, 2.45) is 0 Å². The molecule has 1 saturated heterocycles. The lowest BCUT2D eigenvalue weighted by molar-refractivity contribution is -0.125. The smallest absolute Gasteiger partial charge is 0.319 e. The Balaban J connectivity index is 1.44. The number of amides is 3. The molecule has 142 valence electrons. The summed E-state index contributed by atoms with van der Waals surface area (Å²) in [6.07, 6.45) is -1.93. The van der Waals surface area contributed by atoms with E-state index in [1.165, 1.54) is 0 Å². The van der Waals surface area contributed by atoms with Crippen molar-refractivity contribution in [3.05, 3.63) is 29.8 Å². The molecule has 26 heavy (non-hydrogen) atoms. The third-order valence-electron chi connectivity index (χ3n) is 4.56. The fourth-order valence-electron chi connectivity index (χ4n) is 2.87. The second-order valence-electron chi connectivity index (χ2n) is 6.94. The molecule has 1 heterocycles. The summed E-state index contributed by atoms with van der Waals surface area (Å²) in [6, 6.07) is 7.13. The van der Waals surface area contributed by atoms with Crippen LogP contribution in [0.1, 0.15) is 24.8 Å². The molecular formula is C18H25N3O5. The molecule has 1 aliphatic heterocycles. The molecule has 0 radical (unpaired) electrons. The molecule has 2 aliphatic rings. The average Bonchev–Trinajstić information content (AvgIpc) is 3.37. The van der Waals surface area contributed by atoms with Crippen LogP contribution in [0.4, 0.5) is 10.5 Å². The number of ether oxygens (including phenoxy) is 1. The largest absolute Gasteiger partial charge is 0.388 e. The molecule has 0 unspecified atom stereocenters. The van der Waals surface area contributed by atoms with Crippen molar-refractivity contribution in [3.8, 4) is 0 Å². The number of carbonyl (C=O) groups is 2. The van der Waals surface area contributed by atoms with Crippen LogP contribution < -0.4 is 16.0 Å². The zero-order valence-electron chi connectivity index (χ0n) is 14.6. The highest BCUT2D eigenvalue weighted by Gasteiger charge is 2.43. The Kier molecular flexibility index (Phi) is 5.75. The van der Waals surface area contributed by atoms with Gasteiger partial charge in [-0.15, -0.1) is 0 Å². The number of aliphatic hydroxyl groups is 2. The number of urea groups is 1. The molecule has 1 aromatic rings. The van der Waals surface area contributed by atoms with Crippen LogP contribution >= 0.6 is 0 Å². The number of benzene rings is 1. The van der Waals surface area contributed by atoms with Gasteiger partial charge in [-0.2, -0.15) is 0 Å². The fourth-order valence-corrected chi connectivity index (χ4v) is 2.87. The highest BCUT2D eigenvalue weighted by molar-refractivity contribution is 5.89. The van der Waals surface area contributed by atoms with Gasteiger partial charge in [0.15, 0.2) is 0 Å². The van der Waals surface area contributed by atoms with E-state index in [-0.39, 0.29) is 24.9 Å². The van der Waals surface area contributed by atoms with Crippen LogP contribution in [-0.2, 0) is 9.53 Å². The zero-order valence-corrected chi connectivity index (χ0v) is 14.6. The summed E-state index contributed by atoms with van der Waals surface area (Å²) in [5.41, 5.74) is 1.74. The number of rotatable bonds is 6. The van der Waals surface area contributed by atoms with Gasteiger partial charge in [0.2, 0.25) is 5.91 Å². The Morgan fingerprint density at radius 1 is 1.12 bits per heavy atom. The minimum absolute atomic E-state index is 0.0131. The van der Waals surface area contributed by atoms with Crippen molar-refractivity contribution in [3.63, 3.8) is 0 Å². The summed E-state index contributed by atoms with van der Waals surface area (Å²) in [7, 11) is 0. The normalized spacial score (nSPS) is 27.8. The molecule has 8 heteroatoms. The molecule has 0 spiro atoms. The molecule has 0 bridgehead atoms. The van der Waals surface area contributed by atoms with E-state index in [1.807, 2.05) is 19.1 Å². The number of aliphatic hydroxyl groups excluding tert-OH is 2. The molecule has 3 amide bonds. The molecule has 1 aliphatic carbocycles. The second-order valence-corrected chi connectivity index (χ2v) is 6.94. The summed E-state index contributed by atoms with van der Waals surface area (Å²) >= 11 is 0. The van der Waals surface area contributed by atoms with E-state index < -0.39 is 30.4 Å². The van der Waals surface area contributed by atoms with E-state index in [4.69, 9.17) is 4.74 Å². The molecule has 8 nitrogen and oxygen atoms in total. The van der Waals surface area contributed by atoms with Crippen LogP contribution in [0.25, 0.3) is 0 Å². The van der Waals surface area contributed by atoms with E-state index in [0.29, 0.717) is 5.69 Å². The predicted octanol–water partition coefficient (Wildman–Crippen LogP) is 0.274. The van der Waals surface area contributed by atoms with Gasteiger partial charge in [-0.25, -0.2) is 4.79 Å². The SMILES string of the molecule is Cc1ccc(NC(=O)NC[C@@H]2O[C@@H](CC(=O)NC3CC3)[C@H](O)[C@@H]2O)cc1. The van der Waals surface area contributed by atoms with Gasteiger partial charge in [0.25, 0.3) is 0 Å². The second kappa shape index (κ2) is 8.03. The van der Waals surface area contributed by atoms with Crippen molar-refractivity contribution in [2.45, 2.75) is 56.6 Å². The fraction of sp³-hybridized carbons (Fsp3) is 0.556. The Morgan fingerprint density at radius 2 is 1.77 bits per heavy atom. The van der Waals surface area contributed by atoms with Crippen molar-refractivity contribution in [1.82, 2.24) is 10.6 Å². The van der Waals surface area contributed by atoms with E-state index in [0.717, 1.165) is 18.4 Å². The summed E-state index contributed by atoms with van der Waals surface area (Å²) in [4.78, 5) is 23.8. The number of anilines is 1. The van der Waals surface area contributed by atoms with Crippen LogP contribution in [0.2, 0.25) is 0 Å². The third-order valence-corrected chi connectivity index (χ3v) is 4.56. The predicted molar refractivity (Wildman–Crippen MR) is 94.7 cm³/mol. The maximum absolute atomic E-state index is 11.9. The average molecular weight is 363 g/mol. The van der Waals surface area contributed by atoms with E-state index in [1.54, 1.807) is 12.1 Å². The van der Waals surface area contributed by atoms with Gasteiger partial charge in [-0.05, 0) is 31.9 Å². The topological polar surface area (TPSA) is 120 Å².